The molecule has 0 bridgehead atoms. The molecule has 1 aromatic heterocycles. The maximum absolute atomic E-state index is 12.6. The van der Waals surface area contributed by atoms with Crippen molar-refractivity contribution in [3.8, 4) is 0 Å². The summed E-state index contributed by atoms with van der Waals surface area (Å²) < 4.78 is 5.32. The number of rotatable bonds is 4. The minimum atomic E-state index is -0.488. The molecule has 0 saturated carbocycles. The molecule has 106 valence electrons. The van der Waals surface area contributed by atoms with Gasteiger partial charge in [0.15, 0.2) is 5.82 Å². The van der Waals surface area contributed by atoms with E-state index in [0.717, 1.165) is 5.82 Å². The van der Waals surface area contributed by atoms with Crippen LogP contribution in [0.1, 0.15) is 24.5 Å². The summed E-state index contributed by atoms with van der Waals surface area (Å²) >= 11 is 0. The van der Waals surface area contributed by atoms with Crippen LogP contribution < -0.4 is 5.73 Å². The largest absolute Gasteiger partial charge is 0.381 e. The number of aryl methyl sites for hydroxylation is 1. The zero-order valence-electron chi connectivity index (χ0n) is 11.5. The molecule has 1 aromatic rings. The minimum absolute atomic E-state index is 0.0563. The molecule has 2 heterocycles. The van der Waals surface area contributed by atoms with Crippen molar-refractivity contribution >= 4 is 5.91 Å². The lowest BCUT2D eigenvalue weighted by Crippen LogP contribution is -2.49. The van der Waals surface area contributed by atoms with E-state index in [9.17, 15) is 4.79 Å². The molecular formula is C12H21N5O2. The maximum atomic E-state index is 12.6. The first-order chi connectivity index (χ1) is 9.07. The fourth-order valence-corrected chi connectivity index (χ4v) is 2.42. The predicted octanol–water partition coefficient (Wildman–Crippen LogP) is -0.173. The summed E-state index contributed by atoms with van der Waals surface area (Å²) in [6, 6.07) is 0. The molecule has 1 amide bonds. The van der Waals surface area contributed by atoms with Crippen molar-refractivity contribution < 1.29 is 9.53 Å². The third kappa shape index (κ3) is 2.93. The van der Waals surface area contributed by atoms with Gasteiger partial charge in [0.25, 0.3) is 0 Å². The van der Waals surface area contributed by atoms with E-state index < -0.39 is 5.41 Å². The fourth-order valence-electron chi connectivity index (χ4n) is 2.42. The highest BCUT2D eigenvalue weighted by atomic mass is 16.5. The van der Waals surface area contributed by atoms with Gasteiger partial charge in [-0.1, -0.05) is 0 Å². The Morgan fingerprint density at radius 1 is 1.53 bits per heavy atom. The number of nitrogens with zero attached hydrogens (tertiary/aromatic N) is 3. The molecule has 19 heavy (non-hydrogen) atoms. The van der Waals surface area contributed by atoms with E-state index in [2.05, 4.69) is 15.2 Å². The summed E-state index contributed by atoms with van der Waals surface area (Å²) in [5.74, 6) is 1.42. The molecule has 0 aliphatic carbocycles. The van der Waals surface area contributed by atoms with Gasteiger partial charge in [0.2, 0.25) is 5.91 Å². The highest BCUT2D eigenvalue weighted by molar-refractivity contribution is 5.82. The van der Waals surface area contributed by atoms with Crippen molar-refractivity contribution in [3.05, 3.63) is 11.6 Å². The summed E-state index contributed by atoms with van der Waals surface area (Å²) in [5.41, 5.74) is 5.35. The van der Waals surface area contributed by atoms with Crippen LogP contribution in [0, 0.1) is 12.3 Å². The van der Waals surface area contributed by atoms with E-state index in [1.807, 2.05) is 6.92 Å². The number of H-pyrrole nitrogens is 1. The van der Waals surface area contributed by atoms with Gasteiger partial charge in [0.05, 0.1) is 12.0 Å². The van der Waals surface area contributed by atoms with Crippen molar-refractivity contribution in [2.75, 3.05) is 26.8 Å². The molecule has 7 heteroatoms. The Balaban J connectivity index is 2.04. The molecule has 1 saturated heterocycles. The first kappa shape index (κ1) is 14.0. The van der Waals surface area contributed by atoms with E-state index in [1.165, 1.54) is 0 Å². The summed E-state index contributed by atoms with van der Waals surface area (Å²) in [5, 5.41) is 6.82. The van der Waals surface area contributed by atoms with E-state index in [-0.39, 0.29) is 5.91 Å². The molecular weight excluding hydrogens is 246 g/mol. The maximum Gasteiger partial charge on any atom is 0.230 e. The van der Waals surface area contributed by atoms with E-state index in [4.69, 9.17) is 10.5 Å². The van der Waals surface area contributed by atoms with Crippen LogP contribution in [-0.4, -0.2) is 52.8 Å². The number of hydrogen-bond acceptors (Lipinski definition) is 5. The van der Waals surface area contributed by atoms with Gasteiger partial charge in [-0.2, -0.15) is 5.10 Å². The van der Waals surface area contributed by atoms with Gasteiger partial charge in [0.1, 0.15) is 5.82 Å². The Morgan fingerprint density at radius 2 is 2.21 bits per heavy atom. The molecule has 3 N–H and O–H groups in total. The van der Waals surface area contributed by atoms with Crippen LogP contribution in [0.4, 0.5) is 0 Å². The summed E-state index contributed by atoms with van der Waals surface area (Å²) in [6.07, 6.45) is 1.36. The van der Waals surface area contributed by atoms with Crippen LogP contribution in [0.3, 0.4) is 0 Å². The van der Waals surface area contributed by atoms with Crippen molar-refractivity contribution in [2.24, 2.45) is 11.1 Å². The number of nitrogens with one attached hydrogen (secondary N) is 1. The second-order valence-corrected chi connectivity index (χ2v) is 5.10. The number of carbonyl (C=O) groups is 1. The highest BCUT2D eigenvalue weighted by Crippen LogP contribution is 2.31. The molecule has 0 radical (unpaired) electrons. The standard InChI is InChI=1S/C12H21N5O2/c1-9-14-10(16-15-9)7-17(2)11(18)12(8-13)3-5-19-6-4-12/h3-8,13H2,1-2H3,(H,14,15,16). The molecule has 7 nitrogen and oxygen atoms in total. The van der Waals surface area contributed by atoms with Crippen LogP contribution >= 0.6 is 0 Å². The van der Waals surface area contributed by atoms with Gasteiger partial charge in [-0.3, -0.25) is 9.89 Å². The molecule has 0 unspecified atom stereocenters. The quantitative estimate of drug-likeness (QED) is 0.789. The Kier molecular flexibility index (Phi) is 4.16. The summed E-state index contributed by atoms with van der Waals surface area (Å²) in [6.45, 7) is 3.77. The second kappa shape index (κ2) is 5.66. The third-order valence-electron chi connectivity index (χ3n) is 3.66. The van der Waals surface area contributed by atoms with E-state index >= 15 is 0 Å². The number of ether oxygens (including phenoxy) is 1. The zero-order valence-corrected chi connectivity index (χ0v) is 11.5. The molecule has 0 aromatic carbocycles. The monoisotopic (exact) mass is 267 g/mol. The van der Waals surface area contributed by atoms with Crippen LogP contribution in [0.5, 0.6) is 0 Å². The highest BCUT2D eigenvalue weighted by Gasteiger charge is 2.40. The number of hydrogen-bond donors (Lipinski definition) is 2. The fraction of sp³-hybridized carbons (Fsp3) is 0.750. The molecule has 1 fully saturated rings. The summed E-state index contributed by atoms with van der Waals surface area (Å²) in [7, 11) is 1.76. The van der Waals surface area contributed by atoms with Crippen molar-refractivity contribution in [2.45, 2.75) is 26.3 Å². The van der Waals surface area contributed by atoms with E-state index in [0.29, 0.717) is 45.0 Å². The lowest BCUT2D eigenvalue weighted by atomic mass is 9.79. The minimum Gasteiger partial charge on any atom is -0.381 e. The normalized spacial score (nSPS) is 18.3. The van der Waals surface area contributed by atoms with Crippen LogP contribution in [0.15, 0.2) is 0 Å². The molecule has 0 atom stereocenters. The summed E-state index contributed by atoms with van der Waals surface area (Å²) in [4.78, 5) is 18.5. The van der Waals surface area contributed by atoms with Crippen molar-refractivity contribution in [1.29, 1.82) is 0 Å². The van der Waals surface area contributed by atoms with Crippen molar-refractivity contribution in [3.63, 3.8) is 0 Å². The zero-order chi connectivity index (χ0) is 13.9. The average molecular weight is 267 g/mol. The van der Waals surface area contributed by atoms with Gasteiger partial charge >= 0.3 is 0 Å². The first-order valence-electron chi connectivity index (χ1n) is 6.49. The average Bonchev–Trinajstić information content (AvgIpc) is 2.84. The smallest absolute Gasteiger partial charge is 0.230 e. The van der Waals surface area contributed by atoms with Gasteiger partial charge in [-0.25, -0.2) is 4.98 Å². The SMILES string of the molecule is Cc1nc(CN(C)C(=O)C2(CN)CCOCC2)n[nH]1. The van der Waals surface area contributed by atoms with Gasteiger partial charge in [-0.05, 0) is 19.8 Å². The third-order valence-corrected chi connectivity index (χ3v) is 3.66. The van der Waals surface area contributed by atoms with Gasteiger partial charge in [-0.15, -0.1) is 0 Å². The number of carbonyl (C=O) groups excluding carboxylic acids is 1. The van der Waals surface area contributed by atoms with Gasteiger partial charge in [0, 0.05) is 26.8 Å². The number of nitrogens with two attached hydrogens (primary N) is 1. The molecule has 2 rings (SSSR count). The Hall–Kier alpha value is -1.47. The topological polar surface area (TPSA) is 97.1 Å². The van der Waals surface area contributed by atoms with E-state index in [1.54, 1.807) is 11.9 Å². The Morgan fingerprint density at radius 3 is 2.74 bits per heavy atom. The lowest BCUT2D eigenvalue weighted by molar-refractivity contribution is -0.146. The number of aromatic amines is 1. The Labute approximate surface area is 112 Å². The lowest BCUT2D eigenvalue weighted by Gasteiger charge is -2.37. The molecule has 1 aliphatic heterocycles. The Bertz CT molecular complexity index is 439. The van der Waals surface area contributed by atoms with Gasteiger partial charge < -0.3 is 15.4 Å². The van der Waals surface area contributed by atoms with Crippen LogP contribution in [0.25, 0.3) is 0 Å². The first-order valence-corrected chi connectivity index (χ1v) is 6.49. The van der Waals surface area contributed by atoms with Crippen molar-refractivity contribution in [1.82, 2.24) is 20.1 Å². The number of aromatic nitrogens is 3. The van der Waals surface area contributed by atoms with Crippen LogP contribution in [-0.2, 0) is 16.1 Å². The second-order valence-electron chi connectivity index (χ2n) is 5.10. The number of amides is 1. The molecule has 0 spiro atoms. The predicted molar refractivity (Wildman–Crippen MR) is 69.1 cm³/mol. The molecule has 1 aliphatic rings. The van der Waals surface area contributed by atoms with Crippen LogP contribution in [0.2, 0.25) is 0 Å².